The van der Waals surface area contributed by atoms with Crippen molar-refractivity contribution in [1.29, 1.82) is 0 Å². The Morgan fingerprint density at radius 3 is 2.62 bits per heavy atom. The molecule has 1 N–H and O–H groups in total. The molecule has 0 aliphatic carbocycles. The second-order valence-electron chi connectivity index (χ2n) is 5.13. The van der Waals surface area contributed by atoms with Crippen LogP contribution in [0.25, 0.3) is 0 Å². The van der Waals surface area contributed by atoms with Crippen molar-refractivity contribution in [3.05, 3.63) is 0 Å². The van der Waals surface area contributed by atoms with E-state index in [1.54, 1.807) is 0 Å². The summed E-state index contributed by atoms with van der Waals surface area (Å²) in [6.45, 7) is 13.2. The van der Waals surface area contributed by atoms with Gasteiger partial charge in [0, 0.05) is 31.8 Å². The van der Waals surface area contributed by atoms with Gasteiger partial charge in [-0.25, -0.2) is 0 Å². The maximum atomic E-state index is 5.70. The summed E-state index contributed by atoms with van der Waals surface area (Å²) < 4.78 is 5.70. The predicted molar refractivity (Wildman–Crippen MR) is 68.8 cm³/mol. The first-order valence-corrected chi connectivity index (χ1v) is 6.72. The van der Waals surface area contributed by atoms with Crippen molar-refractivity contribution in [3.63, 3.8) is 0 Å². The van der Waals surface area contributed by atoms with E-state index in [0.29, 0.717) is 18.2 Å². The van der Waals surface area contributed by atoms with Crippen molar-refractivity contribution in [2.75, 3.05) is 26.2 Å². The lowest BCUT2D eigenvalue weighted by atomic mass is 10.2. The van der Waals surface area contributed by atoms with Crippen LogP contribution in [0.15, 0.2) is 0 Å². The predicted octanol–water partition coefficient (Wildman–Crippen LogP) is 1.87. The van der Waals surface area contributed by atoms with E-state index in [0.717, 1.165) is 26.2 Å². The molecule has 0 spiro atoms. The Balaban J connectivity index is 2.27. The van der Waals surface area contributed by atoms with E-state index in [-0.39, 0.29) is 0 Å². The Hall–Kier alpha value is -0.120. The van der Waals surface area contributed by atoms with Crippen LogP contribution in [0.5, 0.6) is 0 Å². The van der Waals surface area contributed by atoms with Gasteiger partial charge >= 0.3 is 0 Å². The minimum atomic E-state index is 0.474. The highest BCUT2D eigenvalue weighted by Crippen LogP contribution is 2.14. The van der Waals surface area contributed by atoms with Crippen LogP contribution in [-0.2, 0) is 4.74 Å². The van der Waals surface area contributed by atoms with Crippen molar-refractivity contribution in [1.82, 2.24) is 10.2 Å². The van der Waals surface area contributed by atoms with Gasteiger partial charge in [-0.2, -0.15) is 0 Å². The molecular weight excluding hydrogens is 200 g/mol. The van der Waals surface area contributed by atoms with Crippen molar-refractivity contribution in [2.24, 2.45) is 0 Å². The van der Waals surface area contributed by atoms with Gasteiger partial charge in [0.05, 0.1) is 6.10 Å². The Bertz CT molecular complexity index is 179. The average Bonchev–Trinajstić information content (AvgIpc) is 2.75. The van der Waals surface area contributed by atoms with Crippen molar-refractivity contribution in [2.45, 2.75) is 58.7 Å². The number of ether oxygens (including phenoxy) is 1. The second-order valence-corrected chi connectivity index (χ2v) is 5.13. The number of likely N-dealkylation sites (N-methyl/N-ethyl adjacent to an activating group) is 1. The summed E-state index contributed by atoms with van der Waals surface area (Å²) in [5, 5.41) is 3.50. The molecule has 16 heavy (non-hydrogen) atoms. The normalized spacial score (nSPS) is 23.2. The van der Waals surface area contributed by atoms with Gasteiger partial charge in [-0.3, -0.25) is 4.90 Å². The number of rotatable bonds is 7. The summed E-state index contributed by atoms with van der Waals surface area (Å²) in [4.78, 5) is 2.52. The van der Waals surface area contributed by atoms with E-state index in [4.69, 9.17) is 4.74 Å². The maximum absolute atomic E-state index is 5.70. The van der Waals surface area contributed by atoms with E-state index in [2.05, 4.69) is 37.9 Å². The zero-order valence-electron chi connectivity index (χ0n) is 11.3. The Morgan fingerprint density at radius 1 is 1.38 bits per heavy atom. The molecule has 96 valence electrons. The maximum Gasteiger partial charge on any atom is 0.0702 e. The highest BCUT2D eigenvalue weighted by molar-refractivity contribution is 4.75. The van der Waals surface area contributed by atoms with E-state index in [9.17, 15) is 0 Å². The summed E-state index contributed by atoms with van der Waals surface area (Å²) in [5.41, 5.74) is 0. The molecule has 1 rings (SSSR count). The Labute approximate surface area is 101 Å². The molecule has 1 aliphatic rings. The van der Waals surface area contributed by atoms with E-state index >= 15 is 0 Å². The van der Waals surface area contributed by atoms with E-state index in [1.807, 2.05) is 0 Å². The molecule has 0 amide bonds. The molecule has 3 heteroatoms. The third-order valence-electron chi connectivity index (χ3n) is 3.31. The SMILES string of the molecule is CCN(CC1CCCO1)C(C)CNC(C)C. The highest BCUT2D eigenvalue weighted by Gasteiger charge is 2.21. The molecule has 1 heterocycles. The van der Waals surface area contributed by atoms with Gasteiger partial charge in [0.2, 0.25) is 0 Å². The third-order valence-corrected chi connectivity index (χ3v) is 3.31. The third kappa shape index (κ3) is 4.81. The van der Waals surface area contributed by atoms with Gasteiger partial charge in [-0.15, -0.1) is 0 Å². The molecule has 0 saturated carbocycles. The second kappa shape index (κ2) is 7.25. The molecule has 3 nitrogen and oxygen atoms in total. The van der Waals surface area contributed by atoms with Crippen molar-refractivity contribution < 1.29 is 4.74 Å². The zero-order valence-corrected chi connectivity index (χ0v) is 11.3. The van der Waals surface area contributed by atoms with E-state index in [1.165, 1.54) is 12.8 Å². The Morgan fingerprint density at radius 2 is 2.12 bits per heavy atom. The van der Waals surface area contributed by atoms with Gasteiger partial charge < -0.3 is 10.1 Å². The molecule has 0 aromatic carbocycles. The van der Waals surface area contributed by atoms with Crippen LogP contribution in [0.4, 0.5) is 0 Å². The fraction of sp³-hybridized carbons (Fsp3) is 1.00. The first-order chi connectivity index (χ1) is 7.63. The van der Waals surface area contributed by atoms with Crippen molar-refractivity contribution in [3.8, 4) is 0 Å². The number of hydrogen-bond donors (Lipinski definition) is 1. The lowest BCUT2D eigenvalue weighted by Crippen LogP contribution is -2.45. The summed E-state index contributed by atoms with van der Waals surface area (Å²) in [5.74, 6) is 0. The summed E-state index contributed by atoms with van der Waals surface area (Å²) in [6, 6.07) is 1.17. The van der Waals surface area contributed by atoms with Gasteiger partial charge in [-0.05, 0) is 26.3 Å². The van der Waals surface area contributed by atoms with Gasteiger partial charge in [-0.1, -0.05) is 20.8 Å². The summed E-state index contributed by atoms with van der Waals surface area (Å²) >= 11 is 0. The average molecular weight is 228 g/mol. The van der Waals surface area contributed by atoms with E-state index < -0.39 is 0 Å². The van der Waals surface area contributed by atoms with Gasteiger partial charge in [0.25, 0.3) is 0 Å². The Kier molecular flexibility index (Phi) is 6.32. The van der Waals surface area contributed by atoms with Crippen LogP contribution in [0.2, 0.25) is 0 Å². The van der Waals surface area contributed by atoms with Crippen LogP contribution in [0, 0.1) is 0 Å². The molecule has 1 saturated heterocycles. The number of nitrogens with zero attached hydrogens (tertiary/aromatic N) is 1. The minimum Gasteiger partial charge on any atom is -0.377 e. The first kappa shape index (κ1) is 13.9. The molecule has 1 aliphatic heterocycles. The number of hydrogen-bond acceptors (Lipinski definition) is 3. The lowest BCUT2D eigenvalue weighted by molar-refractivity contribution is 0.0616. The van der Waals surface area contributed by atoms with Crippen LogP contribution in [0.1, 0.15) is 40.5 Å². The fourth-order valence-corrected chi connectivity index (χ4v) is 2.21. The largest absolute Gasteiger partial charge is 0.377 e. The molecule has 0 aromatic heterocycles. The highest BCUT2D eigenvalue weighted by atomic mass is 16.5. The smallest absolute Gasteiger partial charge is 0.0702 e. The van der Waals surface area contributed by atoms with Crippen LogP contribution < -0.4 is 5.32 Å². The quantitative estimate of drug-likeness (QED) is 0.720. The fourth-order valence-electron chi connectivity index (χ4n) is 2.21. The lowest BCUT2D eigenvalue weighted by Gasteiger charge is -2.30. The number of nitrogens with one attached hydrogen (secondary N) is 1. The topological polar surface area (TPSA) is 24.5 Å². The van der Waals surface area contributed by atoms with Gasteiger partial charge in [0.1, 0.15) is 0 Å². The first-order valence-electron chi connectivity index (χ1n) is 6.72. The van der Waals surface area contributed by atoms with Crippen LogP contribution in [0.3, 0.4) is 0 Å². The van der Waals surface area contributed by atoms with Gasteiger partial charge in [0.15, 0.2) is 0 Å². The standard InChI is InChI=1S/C13H28N2O/c1-5-15(10-13-7-6-8-16-13)12(4)9-14-11(2)3/h11-14H,5-10H2,1-4H3. The summed E-state index contributed by atoms with van der Waals surface area (Å²) in [6.07, 6.45) is 2.95. The minimum absolute atomic E-state index is 0.474. The monoisotopic (exact) mass is 228 g/mol. The van der Waals surface area contributed by atoms with Crippen LogP contribution in [-0.4, -0.2) is 49.3 Å². The van der Waals surface area contributed by atoms with Crippen molar-refractivity contribution >= 4 is 0 Å². The molecule has 0 bridgehead atoms. The molecule has 0 radical (unpaired) electrons. The molecular formula is C13H28N2O. The zero-order chi connectivity index (χ0) is 12.0. The molecule has 2 unspecified atom stereocenters. The van der Waals surface area contributed by atoms with Crippen LogP contribution >= 0.6 is 0 Å². The molecule has 0 aromatic rings. The molecule has 2 atom stereocenters. The molecule has 1 fully saturated rings. The summed E-state index contributed by atoms with van der Waals surface area (Å²) in [7, 11) is 0.